The van der Waals surface area contributed by atoms with Crippen LogP contribution in [0.1, 0.15) is 23.3 Å². The molecule has 8 heteroatoms. The molecular formula is C11H14ClN3O4. The van der Waals surface area contributed by atoms with E-state index in [1.54, 1.807) is 0 Å². The molecule has 19 heavy (non-hydrogen) atoms. The lowest BCUT2D eigenvalue weighted by Gasteiger charge is -2.22. The van der Waals surface area contributed by atoms with Crippen molar-refractivity contribution < 1.29 is 14.5 Å². The zero-order chi connectivity index (χ0) is 13.0. The standard InChI is InChI=1S/C11H13N3O4.ClH/c15-11(18-9-3-5-12-6-4-9)10-2-1-8(7-13-10)14(16)17;/h1-2,7,9,12H,3-6H2;1H. The molecule has 1 fully saturated rings. The molecule has 104 valence electrons. The molecule has 1 saturated heterocycles. The van der Waals surface area contributed by atoms with E-state index in [-0.39, 0.29) is 29.9 Å². The molecule has 0 unspecified atom stereocenters. The molecule has 0 amide bonds. The van der Waals surface area contributed by atoms with Gasteiger partial charge in [0.15, 0.2) is 0 Å². The van der Waals surface area contributed by atoms with E-state index in [0.29, 0.717) is 0 Å². The smallest absolute Gasteiger partial charge is 0.357 e. The van der Waals surface area contributed by atoms with Crippen molar-refractivity contribution in [2.45, 2.75) is 18.9 Å². The summed E-state index contributed by atoms with van der Waals surface area (Å²) in [5.41, 5.74) is -0.0486. The quantitative estimate of drug-likeness (QED) is 0.512. The summed E-state index contributed by atoms with van der Waals surface area (Å²) in [6, 6.07) is 2.55. The van der Waals surface area contributed by atoms with Crippen LogP contribution in [0.4, 0.5) is 5.69 Å². The first kappa shape index (κ1) is 15.3. The average molecular weight is 288 g/mol. The predicted octanol–water partition coefficient (Wildman–Crippen LogP) is 1.32. The number of hydrogen-bond acceptors (Lipinski definition) is 6. The van der Waals surface area contributed by atoms with Crippen molar-refractivity contribution >= 4 is 24.1 Å². The summed E-state index contributed by atoms with van der Waals surface area (Å²) in [5.74, 6) is -0.531. The van der Waals surface area contributed by atoms with E-state index in [4.69, 9.17) is 4.74 Å². The Morgan fingerprint density at radius 1 is 1.42 bits per heavy atom. The zero-order valence-corrected chi connectivity index (χ0v) is 10.9. The third-order valence-electron chi connectivity index (χ3n) is 2.73. The van der Waals surface area contributed by atoms with Gasteiger partial charge in [0, 0.05) is 6.07 Å². The molecule has 1 aromatic heterocycles. The fraction of sp³-hybridized carbons (Fsp3) is 0.455. The fourth-order valence-electron chi connectivity index (χ4n) is 1.74. The Balaban J connectivity index is 0.00000180. The first-order chi connectivity index (χ1) is 8.66. The summed E-state index contributed by atoms with van der Waals surface area (Å²) in [5, 5.41) is 13.6. The SMILES string of the molecule is Cl.O=C(OC1CCNCC1)c1ccc([N+](=O)[O-])cn1. The second kappa shape index (κ2) is 7.01. The lowest BCUT2D eigenvalue weighted by molar-refractivity contribution is -0.385. The lowest BCUT2D eigenvalue weighted by atomic mass is 10.1. The number of aromatic nitrogens is 1. The van der Waals surface area contributed by atoms with E-state index in [2.05, 4.69) is 10.3 Å². The predicted molar refractivity (Wildman–Crippen MR) is 69.4 cm³/mol. The van der Waals surface area contributed by atoms with Crippen LogP contribution in [0.25, 0.3) is 0 Å². The summed E-state index contributed by atoms with van der Waals surface area (Å²) < 4.78 is 5.27. The molecule has 0 bridgehead atoms. The van der Waals surface area contributed by atoms with Crippen LogP contribution < -0.4 is 5.32 Å². The largest absolute Gasteiger partial charge is 0.458 e. The van der Waals surface area contributed by atoms with Crippen molar-refractivity contribution in [3.05, 3.63) is 34.1 Å². The van der Waals surface area contributed by atoms with E-state index in [0.717, 1.165) is 32.1 Å². The Morgan fingerprint density at radius 3 is 2.63 bits per heavy atom. The summed E-state index contributed by atoms with van der Waals surface area (Å²) in [6.07, 6.45) is 2.51. The van der Waals surface area contributed by atoms with Crippen molar-refractivity contribution in [2.24, 2.45) is 0 Å². The van der Waals surface area contributed by atoms with Gasteiger partial charge in [-0.25, -0.2) is 9.78 Å². The summed E-state index contributed by atoms with van der Waals surface area (Å²) in [7, 11) is 0. The van der Waals surface area contributed by atoms with Gasteiger partial charge in [0.05, 0.1) is 4.92 Å². The van der Waals surface area contributed by atoms with Crippen LogP contribution in [-0.4, -0.2) is 35.1 Å². The summed E-state index contributed by atoms with van der Waals surface area (Å²) in [6.45, 7) is 1.65. The van der Waals surface area contributed by atoms with Gasteiger partial charge in [-0.05, 0) is 32.0 Å². The van der Waals surface area contributed by atoms with E-state index in [1.807, 2.05) is 0 Å². The number of hydrogen-bond donors (Lipinski definition) is 1. The molecule has 1 aromatic rings. The number of esters is 1. The molecule has 1 aliphatic heterocycles. The molecule has 0 spiro atoms. The Bertz CT molecular complexity index is 446. The Hall–Kier alpha value is -1.73. The van der Waals surface area contributed by atoms with Gasteiger partial charge in [-0.3, -0.25) is 10.1 Å². The van der Waals surface area contributed by atoms with Crippen LogP contribution in [0.3, 0.4) is 0 Å². The minimum Gasteiger partial charge on any atom is -0.458 e. The van der Waals surface area contributed by atoms with Crippen LogP contribution in [0, 0.1) is 10.1 Å². The van der Waals surface area contributed by atoms with Gasteiger partial charge < -0.3 is 10.1 Å². The second-order valence-corrected chi connectivity index (χ2v) is 4.01. The fourth-order valence-corrected chi connectivity index (χ4v) is 1.74. The number of ether oxygens (including phenoxy) is 1. The average Bonchev–Trinajstić information content (AvgIpc) is 2.40. The van der Waals surface area contributed by atoms with Gasteiger partial charge in [-0.2, -0.15) is 0 Å². The first-order valence-corrected chi connectivity index (χ1v) is 5.69. The van der Waals surface area contributed by atoms with Gasteiger partial charge in [0.2, 0.25) is 0 Å². The maximum atomic E-state index is 11.7. The number of carbonyl (C=O) groups is 1. The van der Waals surface area contributed by atoms with Crippen molar-refractivity contribution in [3.63, 3.8) is 0 Å². The molecule has 0 aliphatic carbocycles. The number of carbonyl (C=O) groups excluding carboxylic acids is 1. The van der Waals surface area contributed by atoms with Crippen molar-refractivity contribution in [1.82, 2.24) is 10.3 Å². The second-order valence-electron chi connectivity index (χ2n) is 4.01. The van der Waals surface area contributed by atoms with Crippen LogP contribution in [0.2, 0.25) is 0 Å². The molecule has 2 rings (SSSR count). The number of nitrogens with zero attached hydrogens (tertiary/aromatic N) is 2. The van der Waals surface area contributed by atoms with Crippen LogP contribution >= 0.6 is 12.4 Å². The molecular weight excluding hydrogens is 274 g/mol. The third-order valence-corrected chi connectivity index (χ3v) is 2.73. The van der Waals surface area contributed by atoms with E-state index >= 15 is 0 Å². The minimum absolute atomic E-state index is 0. The highest BCUT2D eigenvalue weighted by atomic mass is 35.5. The van der Waals surface area contributed by atoms with Crippen LogP contribution in [0.15, 0.2) is 18.3 Å². The van der Waals surface area contributed by atoms with Gasteiger partial charge in [-0.15, -0.1) is 12.4 Å². The van der Waals surface area contributed by atoms with E-state index in [1.165, 1.54) is 12.1 Å². The number of halogens is 1. The maximum Gasteiger partial charge on any atom is 0.357 e. The summed E-state index contributed by atoms with van der Waals surface area (Å²) >= 11 is 0. The van der Waals surface area contributed by atoms with Crippen molar-refractivity contribution in [2.75, 3.05) is 13.1 Å². The van der Waals surface area contributed by atoms with Crippen LogP contribution in [0.5, 0.6) is 0 Å². The number of rotatable bonds is 3. The minimum atomic E-state index is -0.561. The molecule has 0 saturated carbocycles. The molecule has 0 atom stereocenters. The Morgan fingerprint density at radius 2 is 2.11 bits per heavy atom. The molecule has 1 aliphatic rings. The van der Waals surface area contributed by atoms with Crippen LogP contribution in [-0.2, 0) is 4.74 Å². The molecule has 0 radical (unpaired) electrons. The Labute approximate surface area is 115 Å². The monoisotopic (exact) mass is 287 g/mol. The van der Waals surface area contributed by atoms with Gasteiger partial charge in [0.25, 0.3) is 5.69 Å². The molecule has 2 heterocycles. The number of pyridine rings is 1. The highest BCUT2D eigenvalue weighted by Crippen LogP contribution is 2.13. The molecule has 7 nitrogen and oxygen atoms in total. The number of piperidine rings is 1. The first-order valence-electron chi connectivity index (χ1n) is 5.69. The zero-order valence-electron chi connectivity index (χ0n) is 10.1. The normalized spacial score (nSPS) is 15.4. The third kappa shape index (κ3) is 4.15. The van der Waals surface area contributed by atoms with Gasteiger partial charge >= 0.3 is 5.97 Å². The Kier molecular flexibility index (Phi) is 5.65. The number of nitro groups is 1. The van der Waals surface area contributed by atoms with Crippen molar-refractivity contribution in [3.8, 4) is 0 Å². The van der Waals surface area contributed by atoms with E-state index < -0.39 is 10.9 Å². The molecule has 1 N–H and O–H groups in total. The van der Waals surface area contributed by atoms with Gasteiger partial charge in [-0.1, -0.05) is 0 Å². The molecule has 0 aromatic carbocycles. The topological polar surface area (TPSA) is 94.4 Å². The van der Waals surface area contributed by atoms with E-state index in [9.17, 15) is 14.9 Å². The lowest BCUT2D eigenvalue weighted by Crippen LogP contribution is -2.33. The highest BCUT2D eigenvalue weighted by molar-refractivity contribution is 5.87. The maximum absolute atomic E-state index is 11.7. The number of nitrogens with one attached hydrogen (secondary N) is 1. The van der Waals surface area contributed by atoms with Gasteiger partial charge in [0.1, 0.15) is 18.0 Å². The highest BCUT2D eigenvalue weighted by Gasteiger charge is 2.19. The summed E-state index contributed by atoms with van der Waals surface area (Å²) in [4.78, 5) is 25.3. The van der Waals surface area contributed by atoms with Crippen molar-refractivity contribution in [1.29, 1.82) is 0 Å².